The van der Waals surface area contributed by atoms with Gasteiger partial charge in [-0.15, -0.1) is 0 Å². The number of nitrogens with one attached hydrogen (secondary N) is 2. The summed E-state index contributed by atoms with van der Waals surface area (Å²) in [5, 5.41) is 2.81. The molecule has 2 rings (SSSR count). The number of rotatable bonds is 3. The molecule has 2 heterocycles. The molecular formula is C14H22N4O3. The number of morpholine rings is 1. The number of hydrogen-bond acceptors (Lipinski definition) is 4. The highest BCUT2D eigenvalue weighted by Gasteiger charge is 2.26. The molecule has 2 amide bonds. The summed E-state index contributed by atoms with van der Waals surface area (Å²) in [5.41, 5.74) is 0.361. The molecule has 116 valence electrons. The molecule has 0 unspecified atom stereocenters. The highest BCUT2D eigenvalue weighted by atomic mass is 16.5. The van der Waals surface area contributed by atoms with Gasteiger partial charge in [-0.3, -0.25) is 9.59 Å². The van der Waals surface area contributed by atoms with E-state index >= 15 is 0 Å². The first-order chi connectivity index (χ1) is 9.88. The quantitative estimate of drug-likeness (QED) is 0.857. The first-order valence-electron chi connectivity index (χ1n) is 7.07. The Labute approximate surface area is 124 Å². The number of nitrogens with zero attached hydrogens (tertiary/aromatic N) is 2. The van der Waals surface area contributed by atoms with Crippen molar-refractivity contribution >= 4 is 11.8 Å². The van der Waals surface area contributed by atoms with E-state index in [4.69, 9.17) is 4.74 Å². The topological polar surface area (TPSA) is 87.3 Å². The molecule has 7 nitrogen and oxygen atoms in total. The van der Waals surface area contributed by atoms with Gasteiger partial charge < -0.3 is 19.9 Å². The van der Waals surface area contributed by atoms with Crippen LogP contribution in [-0.2, 0) is 4.74 Å². The number of carbonyl (C=O) groups excluding carboxylic acids is 2. The Morgan fingerprint density at radius 1 is 1.38 bits per heavy atom. The van der Waals surface area contributed by atoms with Gasteiger partial charge in [0.05, 0.1) is 19.5 Å². The van der Waals surface area contributed by atoms with Crippen molar-refractivity contribution in [3.8, 4) is 0 Å². The van der Waals surface area contributed by atoms with Gasteiger partial charge in [-0.05, 0) is 5.41 Å². The van der Waals surface area contributed by atoms with Crippen LogP contribution in [0.15, 0.2) is 6.33 Å². The normalized spacial score (nSPS) is 15.9. The van der Waals surface area contributed by atoms with Crippen LogP contribution in [0.1, 0.15) is 41.7 Å². The molecule has 1 saturated heterocycles. The summed E-state index contributed by atoms with van der Waals surface area (Å²) >= 11 is 0. The van der Waals surface area contributed by atoms with Crippen molar-refractivity contribution in [2.75, 3.05) is 32.8 Å². The van der Waals surface area contributed by atoms with Crippen molar-refractivity contribution < 1.29 is 14.3 Å². The second-order valence-corrected chi connectivity index (χ2v) is 6.27. The van der Waals surface area contributed by atoms with Crippen LogP contribution >= 0.6 is 0 Å². The molecule has 0 atom stereocenters. The maximum atomic E-state index is 12.4. The third kappa shape index (κ3) is 4.04. The van der Waals surface area contributed by atoms with Gasteiger partial charge in [-0.2, -0.15) is 0 Å². The number of hydrogen-bond donors (Lipinski definition) is 2. The second-order valence-electron chi connectivity index (χ2n) is 6.27. The lowest BCUT2D eigenvalue weighted by Crippen LogP contribution is -2.42. The van der Waals surface area contributed by atoms with Crippen LogP contribution in [0.25, 0.3) is 0 Å². The van der Waals surface area contributed by atoms with Crippen molar-refractivity contribution in [1.29, 1.82) is 0 Å². The summed E-state index contributed by atoms with van der Waals surface area (Å²) in [5.74, 6) is -0.542. The molecule has 0 aliphatic carbocycles. The van der Waals surface area contributed by atoms with Gasteiger partial charge in [0, 0.05) is 19.6 Å². The molecule has 2 N–H and O–H groups in total. The Kier molecular flexibility index (Phi) is 4.62. The maximum Gasteiger partial charge on any atom is 0.272 e. The lowest BCUT2D eigenvalue weighted by atomic mass is 9.97. The molecule has 7 heteroatoms. The predicted molar refractivity (Wildman–Crippen MR) is 77.1 cm³/mol. The summed E-state index contributed by atoms with van der Waals surface area (Å²) in [7, 11) is 0. The van der Waals surface area contributed by atoms with Gasteiger partial charge in [0.2, 0.25) is 0 Å². The molecule has 1 aliphatic heterocycles. The maximum absolute atomic E-state index is 12.4. The number of H-pyrrole nitrogens is 1. The SMILES string of the molecule is CC(C)(C)CNC(=O)c1nc[nH]c1C(=O)N1CCOCC1. The molecule has 1 aromatic rings. The molecule has 0 radical (unpaired) electrons. The molecule has 1 aromatic heterocycles. The largest absolute Gasteiger partial charge is 0.378 e. The molecular weight excluding hydrogens is 272 g/mol. The molecule has 1 fully saturated rings. The lowest BCUT2D eigenvalue weighted by Gasteiger charge is -2.26. The minimum absolute atomic E-state index is 0.0274. The van der Waals surface area contributed by atoms with E-state index in [1.807, 2.05) is 20.8 Å². The van der Waals surface area contributed by atoms with Crippen molar-refractivity contribution in [3.05, 3.63) is 17.7 Å². The van der Waals surface area contributed by atoms with Crippen molar-refractivity contribution in [2.45, 2.75) is 20.8 Å². The van der Waals surface area contributed by atoms with E-state index in [1.54, 1.807) is 4.90 Å². The smallest absolute Gasteiger partial charge is 0.272 e. The van der Waals surface area contributed by atoms with Crippen LogP contribution in [-0.4, -0.2) is 59.5 Å². The number of imidazole rings is 1. The Bertz CT molecular complexity index is 513. The minimum atomic E-state index is -0.331. The average Bonchev–Trinajstić information content (AvgIpc) is 2.93. The number of aromatic nitrogens is 2. The lowest BCUT2D eigenvalue weighted by molar-refractivity contribution is 0.0298. The number of ether oxygens (including phenoxy) is 1. The van der Waals surface area contributed by atoms with Gasteiger partial charge in [-0.25, -0.2) is 4.98 Å². The number of carbonyl (C=O) groups is 2. The molecule has 21 heavy (non-hydrogen) atoms. The van der Waals surface area contributed by atoms with E-state index in [2.05, 4.69) is 15.3 Å². The van der Waals surface area contributed by atoms with Gasteiger partial charge in [-0.1, -0.05) is 20.8 Å². The van der Waals surface area contributed by atoms with Crippen LogP contribution in [0.5, 0.6) is 0 Å². The number of amides is 2. The highest BCUT2D eigenvalue weighted by molar-refractivity contribution is 6.04. The van der Waals surface area contributed by atoms with Crippen LogP contribution in [0.2, 0.25) is 0 Å². The minimum Gasteiger partial charge on any atom is -0.378 e. The van der Waals surface area contributed by atoms with Gasteiger partial charge in [0.1, 0.15) is 5.69 Å². The molecule has 0 saturated carbocycles. The summed E-state index contributed by atoms with van der Waals surface area (Å²) in [4.78, 5) is 33.0. The standard InChI is InChI=1S/C14H22N4O3/c1-14(2,3)8-15-12(19)10-11(17-9-16-10)13(20)18-4-6-21-7-5-18/h9H,4-8H2,1-3H3,(H,15,19)(H,16,17). The molecule has 1 aliphatic rings. The van der Waals surface area contributed by atoms with E-state index in [0.29, 0.717) is 32.8 Å². The van der Waals surface area contributed by atoms with Gasteiger partial charge in [0.25, 0.3) is 11.8 Å². The first-order valence-corrected chi connectivity index (χ1v) is 7.07. The van der Waals surface area contributed by atoms with E-state index < -0.39 is 0 Å². The van der Waals surface area contributed by atoms with Gasteiger partial charge >= 0.3 is 0 Å². The van der Waals surface area contributed by atoms with Crippen molar-refractivity contribution in [2.24, 2.45) is 5.41 Å². The summed E-state index contributed by atoms with van der Waals surface area (Å²) < 4.78 is 5.22. The fraction of sp³-hybridized carbons (Fsp3) is 0.643. The molecule has 0 spiro atoms. The zero-order chi connectivity index (χ0) is 15.5. The van der Waals surface area contributed by atoms with Crippen molar-refractivity contribution in [1.82, 2.24) is 20.2 Å². The van der Waals surface area contributed by atoms with E-state index in [9.17, 15) is 9.59 Å². The second kappa shape index (κ2) is 6.26. The number of aromatic amines is 1. The first kappa shape index (κ1) is 15.5. The average molecular weight is 294 g/mol. The van der Waals surface area contributed by atoms with Crippen LogP contribution in [0, 0.1) is 5.41 Å². The fourth-order valence-corrected chi connectivity index (χ4v) is 1.98. The van der Waals surface area contributed by atoms with E-state index in [0.717, 1.165) is 0 Å². The Morgan fingerprint density at radius 3 is 2.67 bits per heavy atom. The summed E-state index contributed by atoms with van der Waals surface area (Å²) in [6, 6.07) is 0. The summed E-state index contributed by atoms with van der Waals surface area (Å²) in [6.07, 6.45) is 1.37. The highest BCUT2D eigenvalue weighted by Crippen LogP contribution is 2.12. The van der Waals surface area contributed by atoms with Crippen molar-refractivity contribution in [3.63, 3.8) is 0 Å². The third-order valence-corrected chi connectivity index (χ3v) is 3.15. The van der Waals surface area contributed by atoms with Crippen LogP contribution < -0.4 is 5.32 Å². The zero-order valence-electron chi connectivity index (χ0n) is 12.7. The fourth-order valence-electron chi connectivity index (χ4n) is 1.98. The van der Waals surface area contributed by atoms with Gasteiger partial charge in [0.15, 0.2) is 5.69 Å². The van der Waals surface area contributed by atoms with E-state index in [-0.39, 0.29) is 28.6 Å². The molecule has 0 bridgehead atoms. The Balaban J connectivity index is 2.07. The zero-order valence-corrected chi connectivity index (χ0v) is 12.7. The van der Waals surface area contributed by atoms with Crippen LogP contribution in [0.3, 0.4) is 0 Å². The van der Waals surface area contributed by atoms with Crippen LogP contribution in [0.4, 0.5) is 0 Å². The monoisotopic (exact) mass is 294 g/mol. The molecule has 0 aromatic carbocycles. The third-order valence-electron chi connectivity index (χ3n) is 3.15. The Morgan fingerprint density at radius 2 is 2.05 bits per heavy atom. The predicted octanol–water partition coefficient (Wildman–Crippen LogP) is 0.658. The summed E-state index contributed by atoms with van der Waals surface area (Å²) in [6.45, 7) is 8.69. The Hall–Kier alpha value is -1.89. The van der Waals surface area contributed by atoms with E-state index in [1.165, 1.54) is 6.33 Å².